The summed E-state index contributed by atoms with van der Waals surface area (Å²) < 4.78 is 0. The van der Waals surface area contributed by atoms with Gasteiger partial charge >= 0.3 is 0 Å². The van der Waals surface area contributed by atoms with Crippen LogP contribution in [0.2, 0.25) is 0 Å². The first-order chi connectivity index (χ1) is 10.0. The Kier molecular flexibility index (Phi) is 3.70. The third-order valence-electron chi connectivity index (χ3n) is 4.40. The number of nitrogens with zero attached hydrogens (tertiary/aromatic N) is 1. The zero-order valence-corrected chi connectivity index (χ0v) is 12.6. The van der Waals surface area contributed by atoms with Gasteiger partial charge in [-0.15, -0.1) is 0 Å². The Hall–Kier alpha value is -1.84. The molecule has 2 atom stereocenters. The largest absolute Gasteiger partial charge is 0.344 e. The van der Waals surface area contributed by atoms with E-state index in [0.29, 0.717) is 25.3 Å². The van der Waals surface area contributed by atoms with Crippen molar-refractivity contribution in [2.45, 2.75) is 51.7 Å². The Morgan fingerprint density at radius 2 is 1.90 bits per heavy atom. The van der Waals surface area contributed by atoms with Crippen LogP contribution in [0.15, 0.2) is 24.3 Å². The molecule has 0 bridgehead atoms. The van der Waals surface area contributed by atoms with E-state index in [1.807, 2.05) is 17.0 Å². The predicted octanol–water partition coefficient (Wildman–Crippen LogP) is 1.87. The highest BCUT2D eigenvalue weighted by Gasteiger charge is 2.38. The molecule has 4 heteroatoms. The summed E-state index contributed by atoms with van der Waals surface area (Å²) >= 11 is 0. The number of nitrogens with one attached hydrogen (secondary N) is 1. The Balaban J connectivity index is 1.89. The van der Waals surface area contributed by atoms with Crippen molar-refractivity contribution in [2.75, 3.05) is 0 Å². The molecule has 2 aliphatic heterocycles. The van der Waals surface area contributed by atoms with E-state index in [0.717, 1.165) is 6.42 Å². The SMILES string of the molecule is CC(C)CC1NC(=O)C[C@@H]2Cc3ccccc3CN2C1=O. The summed E-state index contributed by atoms with van der Waals surface area (Å²) in [5.41, 5.74) is 2.47. The first-order valence-corrected chi connectivity index (χ1v) is 7.71. The van der Waals surface area contributed by atoms with Gasteiger partial charge in [0.15, 0.2) is 0 Å². The van der Waals surface area contributed by atoms with Crippen molar-refractivity contribution in [2.24, 2.45) is 5.92 Å². The van der Waals surface area contributed by atoms with Crippen LogP contribution in [-0.2, 0) is 22.6 Å². The molecule has 2 aliphatic rings. The fourth-order valence-corrected chi connectivity index (χ4v) is 3.39. The van der Waals surface area contributed by atoms with E-state index in [9.17, 15) is 9.59 Å². The van der Waals surface area contributed by atoms with Gasteiger partial charge in [-0.1, -0.05) is 38.1 Å². The first-order valence-electron chi connectivity index (χ1n) is 7.71. The van der Waals surface area contributed by atoms with Gasteiger partial charge in [0, 0.05) is 19.0 Å². The van der Waals surface area contributed by atoms with Crippen molar-refractivity contribution in [1.82, 2.24) is 10.2 Å². The molecule has 1 aromatic carbocycles. The van der Waals surface area contributed by atoms with Crippen LogP contribution in [0.3, 0.4) is 0 Å². The van der Waals surface area contributed by atoms with Crippen molar-refractivity contribution in [3.63, 3.8) is 0 Å². The van der Waals surface area contributed by atoms with Crippen LogP contribution in [0, 0.1) is 5.92 Å². The van der Waals surface area contributed by atoms with Crippen LogP contribution >= 0.6 is 0 Å². The van der Waals surface area contributed by atoms with E-state index in [1.165, 1.54) is 11.1 Å². The van der Waals surface area contributed by atoms with Gasteiger partial charge in [-0.3, -0.25) is 9.59 Å². The topological polar surface area (TPSA) is 49.4 Å². The molecule has 21 heavy (non-hydrogen) atoms. The Morgan fingerprint density at radius 1 is 1.19 bits per heavy atom. The summed E-state index contributed by atoms with van der Waals surface area (Å²) in [5, 5.41) is 2.91. The molecule has 2 heterocycles. The van der Waals surface area contributed by atoms with Crippen molar-refractivity contribution in [3.05, 3.63) is 35.4 Å². The summed E-state index contributed by atoms with van der Waals surface area (Å²) in [6.45, 7) is 4.78. The molecular formula is C17H22N2O2. The summed E-state index contributed by atoms with van der Waals surface area (Å²) in [6, 6.07) is 7.85. The third-order valence-corrected chi connectivity index (χ3v) is 4.40. The minimum atomic E-state index is -0.368. The van der Waals surface area contributed by atoms with Crippen LogP contribution in [0.25, 0.3) is 0 Å². The van der Waals surface area contributed by atoms with Gasteiger partial charge in [-0.2, -0.15) is 0 Å². The lowest BCUT2D eigenvalue weighted by molar-refractivity contribution is -0.136. The lowest BCUT2D eigenvalue weighted by Crippen LogP contribution is -2.49. The van der Waals surface area contributed by atoms with E-state index in [2.05, 4.69) is 31.3 Å². The number of rotatable bonds is 2. The van der Waals surface area contributed by atoms with Gasteiger partial charge < -0.3 is 10.2 Å². The lowest BCUT2D eigenvalue weighted by atomic mass is 9.92. The smallest absolute Gasteiger partial charge is 0.245 e. The van der Waals surface area contributed by atoms with Gasteiger partial charge in [0.2, 0.25) is 11.8 Å². The maximum Gasteiger partial charge on any atom is 0.245 e. The second kappa shape index (κ2) is 5.51. The van der Waals surface area contributed by atoms with Crippen LogP contribution in [-0.4, -0.2) is 28.8 Å². The number of carbonyl (C=O) groups is 2. The summed E-state index contributed by atoms with van der Waals surface area (Å²) in [7, 11) is 0. The molecule has 1 saturated heterocycles. The number of fused-ring (bicyclic) bond motifs is 2. The van der Waals surface area contributed by atoms with E-state index in [1.54, 1.807) is 0 Å². The number of amides is 2. The minimum absolute atomic E-state index is 0.000816. The van der Waals surface area contributed by atoms with E-state index in [-0.39, 0.29) is 23.9 Å². The third kappa shape index (κ3) is 2.80. The Morgan fingerprint density at radius 3 is 2.62 bits per heavy atom. The average molecular weight is 286 g/mol. The number of benzene rings is 1. The zero-order valence-electron chi connectivity index (χ0n) is 12.6. The van der Waals surface area contributed by atoms with Gasteiger partial charge in [-0.05, 0) is 29.9 Å². The second-order valence-electron chi connectivity index (χ2n) is 6.55. The molecule has 2 amide bonds. The zero-order chi connectivity index (χ0) is 15.0. The number of carbonyl (C=O) groups excluding carboxylic acids is 2. The fraction of sp³-hybridized carbons (Fsp3) is 0.529. The molecule has 3 rings (SSSR count). The van der Waals surface area contributed by atoms with Crippen LogP contribution in [0.1, 0.15) is 37.8 Å². The van der Waals surface area contributed by atoms with Gasteiger partial charge in [-0.25, -0.2) is 0 Å². The molecule has 0 spiro atoms. The van der Waals surface area contributed by atoms with Crippen molar-refractivity contribution >= 4 is 11.8 Å². The Labute approximate surface area is 125 Å². The molecule has 1 fully saturated rings. The molecule has 0 saturated carbocycles. The summed E-state index contributed by atoms with van der Waals surface area (Å²) in [5.74, 6) is 0.461. The molecule has 4 nitrogen and oxygen atoms in total. The standard InChI is InChI=1S/C17H22N2O2/c1-11(2)7-15-17(21)19-10-13-6-4-3-5-12(13)8-14(19)9-16(20)18-15/h3-6,11,14-15H,7-10H2,1-2H3,(H,18,20)/t14-,15?/m0/s1. The lowest BCUT2D eigenvalue weighted by Gasteiger charge is -2.36. The predicted molar refractivity (Wildman–Crippen MR) is 80.5 cm³/mol. The van der Waals surface area contributed by atoms with Crippen molar-refractivity contribution < 1.29 is 9.59 Å². The molecule has 0 radical (unpaired) electrons. The van der Waals surface area contributed by atoms with Crippen molar-refractivity contribution in [3.8, 4) is 0 Å². The van der Waals surface area contributed by atoms with Crippen LogP contribution in [0.4, 0.5) is 0 Å². The highest BCUT2D eigenvalue weighted by atomic mass is 16.2. The molecule has 112 valence electrons. The van der Waals surface area contributed by atoms with Gasteiger partial charge in [0.05, 0.1) is 0 Å². The normalized spacial score (nSPS) is 25.2. The summed E-state index contributed by atoms with van der Waals surface area (Å²) in [6.07, 6.45) is 1.90. The number of hydrogen-bond donors (Lipinski definition) is 1. The van der Waals surface area contributed by atoms with E-state index < -0.39 is 0 Å². The van der Waals surface area contributed by atoms with Gasteiger partial charge in [0.1, 0.15) is 6.04 Å². The molecule has 1 aromatic rings. The number of hydrogen-bond acceptors (Lipinski definition) is 2. The quantitative estimate of drug-likeness (QED) is 0.902. The molecular weight excluding hydrogens is 264 g/mol. The Bertz CT molecular complexity index is 568. The van der Waals surface area contributed by atoms with Crippen molar-refractivity contribution in [1.29, 1.82) is 0 Å². The highest BCUT2D eigenvalue weighted by molar-refractivity contribution is 5.90. The van der Waals surface area contributed by atoms with Gasteiger partial charge in [0.25, 0.3) is 0 Å². The van der Waals surface area contributed by atoms with E-state index >= 15 is 0 Å². The van der Waals surface area contributed by atoms with Crippen LogP contribution in [0.5, 0.6) is 0 Å². The first kappa shape index (κ1) is 14.1. The molecule has 1 N–H and O–H groups in total. The maximum atomic E-state index is 12.8. The molecule has 1 unspecified atom stereocenters. The monoisotopic (exact) mass is 286 g/mol. The second-order valence-corrected chi connectivity index (χ2v) is 6.55. The fourth-order valence-electron chi connectivity index (χ4n) is 3.39. The summed E-state index contributed by atoms with van der Waals surface area (Å²) in [4.78, 5) is 26.8. The van der Waals surface area contributed by atoms with Crippen LogP contribution < -0.4 is 5.32 Å². The molecule has 0 aromatic heterocycles. The molecule has 0 aliphatic carbocycles. The van der Waals surface area contributed by atoms with E-state index in [4.69, 9.17) is 0 Å². The minimum Gasteiger partial charge on any atom is -0.344 e. The maximum absolute atomic E-state index is 12.8. The average Bonchev–Trinajstić information content (AvgIpc) is 2.54. The highest BCUT2D eigenvalue weighted by Crippen LogP contribution is 2.28.